The van der Waals surface area contributed by atoms with Crippen LogP contribution < -0.4 is 10.1 Å². The minimum absolute atomic E-state index is 0.0296. The summed E-state index contributed by atoms with van der Waals surface area (Å²) >= 11 is 1.28. The molecule has 8 heteroatoms. The van der Waals surface area contributed by atoms with Gasteiger partial charge in [0, 0.05) is 4.88 Å². The molecule has 1 heterocycles. The Morgan fingerprint density at radius 1 is 1.10 bits per heavy atom. The first kappa shape index (κ1) is 22.8. The highest BCUT2D eigenvalue weighted by Gasteiger charge is 2.38. The molecule has 1 aliphatic rings. The summed E-state index contributed by atoms with van der Waals surface area (Å²) in [5.74, 6) is -1.35. The third-order valence-corrected chi connectivity index (χ3v) is 6.43. The van der Waals surface area contributed by atoms with Crippen LogP contribution in [0.1, 0.15) is 59.5 Å². The Bertz CT molecular complexity index is 987. The molecule has 0 aliphatic heterocycles. The fourth-order valence-electron chi connectivity index (χ4n) is 3.60. The van der Waals surface area contributed by atoms with Gasteiger partial charge in [0.2, 0.25) is 0 Å². The Hall–Kier alpha value is -2.87. The molecule has 1 aliphatic carbocycles. The lowest BCUT2D eigenvalue weighted by molar-refractivity contribution is -0.142. The fourth-order valence-corrected chi connectivity index (χ4v) is 4.88. The number of nitrogens with one attached hydrogen (secondary N) is 1. The maximum absolute atomic E-state index is 12.5. The Morgan fingerprint density at radius 2 is 1.77 bits per heavy atom. The summed E-state index contributed by atoms with van der Waals surface area (Å²) < 4.78 is 15.4. The summed E-state index contributed by atoms with van der Waals surface area (Å²) in [6.07, 6.45) is 1.20. The van der Waals surface area contributed by atoms with E-state index in [1.807, 2.05) is 24.3 Å². The number of carbonyl (C=O) groups excluding carboxylic acids is 3. The van der Waals surface area contributed by atoms with Crippen LogP contribution in [0.15, 0.2) is 24.3 Å². The van der Waals surface area contributed by atoms with Crippen molar-refractivity contribution < 1.29 is 28.6 Å². The van der Waals surface area contributed by atoms with Gasteiger partial charge in [0.25, 0.3) is 5.91 Å². The van der Waals surface area contributed by atoms with E-state index in [1.165, 1.54) is 31.1 Å². The lowest BCUT2D eigenvalue weighted by Crippen LogP contribution is -2.22. The summed E-state index contributed by atoms with van der Waals surface area (Å²) in [4.78, 5) is 38.0. The van der Waals surface area contributed by atoms with Crippen molar-refractivity contribution >= 4 is 34.2 Å². The number of anilines is 1. The molecule has 166 valence electrons. The van der Waals surface area contributed by atoms with Gasteiger partial charge in [0.1, 0.15) is 10.8 Å². The number of rotatable bonds is 6. The largest absolute Gasteiger partial charge is 0.484 e. The molecular weight excluding hydrogens is 418 g/mol. The standard InChI is InChI=1S/C23H27NO6S/c1-23(2,3)13-6-8-14(9-7-13)30-12-17(25)24-20-19(22(27)29-5)18-15(21(26)28-4)10-11-16(18)31-20/h6-9,15H,10-12H2,1-5H3,(H,24,25). The molecule has 31 heavy (non-hydrogen) atoms. The first-order valence-electron chi connectivity index (χ1n) is 10.0. The Kier molecular flexibility index (Phi) is 6.69. The van der Waals surface area contributed by atoms with E-state index in [9.17, 15) is 14.4 Å². The van der Waals surface area contributed by atoms with Crippen molar-refractivity contribution in [1.29, 1.82) is 0 Å². The van der Waals surface area contributed by atoms with E-state index in [-0.39, 0.29) is 17.6 Å². The number of esters is 2. The fraction of sp³-hybridized carbons (Fsp3) is 0.435. The van der Waals surface area contributed by atoms with Crippen LogP contribution >= 0.6 is 11.3 Å². The van der Waals surface area contributed by atoms with Crippen molar-refractivity contribution in [1.82, 2.24) is 0 Å². The topological polar surface area (TPSA) is 90.9 Å². The van der Waals surface area contributed by atoms with Crippen LogP contribution in [0.4, 0.5) is 5.00 Å². The maximum atomic E-state index is 12.5. The van der Waals surface area contributed by atoms with Gasteiger partial charge in [-0.2, -0.15) is 0 Å². The van der Waals surface area contributed by atoms with Crippen LogP contribution in [0.2, 0.25) is 0 Å². The lowest BCUT2D eigenvalue weighted by atomic mass is 9.87. The van der Waals surface area contributed by atoms with E-state index in [2.05, 4.69) is 26.1 Å². The summed E-state index contributed by atoms with van der Waals surface area (Å²) in [6.45, 7) is 6.16. The van der Waals surface area contributed by atoms with Crippen LogP contribution in [-0.4, -0.2) is 38.7 Å². The minimum Gasteiger partial charge on any atom is -0.484 e. The number of thiophene rings is 1. The lowest BCUT2D eigenvalue weighted by Gasteiger charge is -2.19. The highest BCUT2D eigenvalue weighted by Crippen LogP contribution is 2.45. The van der Waals surface area contributed by atoms with E-state index in [0.717, 1.165) is 4.88 Å². The molecule has 0 saturated heterocycles. The summed E-state index contributed by atoms with van der Waals surface area (Å²) in [5.41, 5.74) is 2.01. The van der Waals surface area contributed by atoms with Crippen LogP contribution in [0.25, 0.3) is 0 Å². The number of methoxy groups -OCH3 is 2. The van der Waals surface area contributed by atoms with Crippen molar-refractivity contribution in [3.05, 3.63) is 45.8 Å². The predicted octanol–water partition coefficient (Wildman–Crippen LogP) is 4.05. The van der Waals surface area contributed by atoms with Crippen molar-refractivity contribution in [2.24, 2.45) is 0 Å². The number of benzene rings is 1. The SMILES string of the molecule is COC(=O)c1c(NC(=O)COc2ccc(C(C)(C)C)cc2)sc2c1C(C(=O)OC)CC2. The van der Waals surface area contributed by atoms with E-state index in [0.29, 0.717) is 29.2 Å². The van der Waals surface area contributed by atoms with Gasteiger partial charge in [-0.3, -0.25) is 9.59 Å². The molecule has 0 spiro atoms. The van der Waals surface area contributed by atoms with E-state index in [4.69, 9.17) is 14.2 Å². The number of carbonyl (C=O) groups is 3. The van der Waals surface area contributed by atoms with E-state index >= 15 is 0 Å². The van der Waals surface area contributed by atoms with E-state index in [1.54, 1.807) is 0 Å². The first-order chi connectivity index (χ1) is 14.7. The van der Waals surface area contributed by atoms with Crippen molar-refractivity contribution in [3.63, 3.8) is 0 Å². The number of amides is 1. The van der Waals surface area contributed by atoms with Crippen molar-refractivity contribution in [2.45, 2.75) is 44.9 Å². The van der Waals surface area contributed by atoms with Gasteiger partial charge in [0.05, 0.1) is 25.7 Å². The normalized spacial score (nSPS) is 15.2. The molecule has 1 amide bonds. The smallest absolute Gasteiger partial charge is 0.341 e. The van der Waals surface area contributed by atoms with Gasteiger partial charge in [-0.05, 0) is 41.5 Å². The molecule has 3 rings (SSSR count). The molecule has 0 fully saturated rings. The predicted molar refractivity (Wildman–Crippen MR) is 118 cm³/mol. The zero-order valence-electron chi connectivity index (χ0n) is 18.4. The number of ether oxygens (including phenoxy) is 3. The average molecular weight is 446 g/mol. The molecule has 1 aromatic carbocycles. The summed E-state index contributed by atoms with van der Waals surface area (Å²) in [5, 5.41) is 3.10. The second kappa shape index (κ2) is 9.09. The minimum atomic E-state index is -0.595. The molecule has 7 nitrogen and oxygen atoms in total. The van der Waals surface area contributed by atoms with Gasteiger partial charge in [0.15, 0.2) is 6.61 Å². The van der Waals surface area contributed by atoms with Crippen LogP contribution in [0, 0.1) is 0 Å². The second-order valence-electron chi connectivity index (χ2n) is 8.36. The van der Waals surface area contributed by atoms with Crippen molar-refractivity contribution in [3.8, 4) is 5.75 Å². The maximum Gasteiger partial charge on any atom is 0.341 e. The molecule has 1 N–H and O–H groups in total. The monoisotopic (exact) mass is 445 g/mol. The van der Waals surface area contributed by atoms with Crippen molar-refractivity contribution in [2.75, 3.05) is 26.1 Å². The first-order valence-corrected chi connectivity index (χ1v) is 10.8. The van der Waals surface area contributed by atoms with Gasteiger partial charge >= 0.3 is 11.9 Å². The molecular formula is C23H27NO6S. The number of fused-ring (bicyclic) bond motifs is 1. The van der Waals surface area contributed by atoms with Crippen LogP contribution in [-0.2, 0) is 30.9 Å². The molecule has 1 aromatic heterocycles. The third-order valence-electron chi connectivity index (χ3n) is 5.25. The zero-order chi connectivity index (χ0) is 22.8. The van der Waals surface area contributed by atoms with Crippen LogP contribution in [0.3, 0.4) is 0 Å². The van der Waals surface area contributed by atoms with Gasteiger partial charge < -0.3 is 19.5 Å². The van der Waals surface area contributed by atoms with Gasteiger partial charge in [-0.25, -0.2) is 4.79 Å². The second-order valence-corrected chi connectivity index (χ2v) is 9.47. The Morgan fingerprint density at radius 3 is 2.35 bits per heavy atom. The Labute approximate surface area is 185 Å². The highest BCUT2D eigenvalue weighted by molar-refractivity contribution is 7.17. The number of aryl methyl sites for hydroxylation is 1. The number of hydrogen-bond donors (Lipinski definition) is 1. The quantitative estimate of drug-likeness (QED) is 0.675. The summed E-state index contributed by atoms with van der Waals surface area (Å²) in [7, 11) is 2.59. The van der Waals surface area contributed by atoms with Crippen LogP contribution in [0.5, 0.6) is 5.75 Å². The average Bonchev–Trinajstić information content (AvgIpc) is 3.29. The van der Waals surface area contributed by atoms with E-state index < -0.39 is 23.8 Å². The molecule has 1 unspecified atom stereocenters. The third kappa shape index (κ3) is 4.90. The molecule has 0 bridgehead atoms. The van der Waals surface area contributed by atoms with Gasteiger partial charge in [-0.15, -0.1) is 11.3 Å². The molecule has 1 atom stereocenters. The summed E-state index contributed by atoms with van der Waals surface area (Å²) in [6, 6.07) is 7.60. The highest BCUT2D eigenvalue weighted by atomic mass is 32.1. The van der Waals surface area contributed by atoms with Gasteiger partial charge in [-0.1, -0.05) is 32.9 Å². The molecule has 0 radical (unpaired) electrons. The Balaban J connectivity index is 1.73. The molecule has 2 aromatic rings. The molecule has 0 saturated carbocycles. The zero-order valence-corrected chi connectivity index (χ0v) is 19.2. The number of hydrogen-bond acceptors (Lipinski definition) is 7.